The molecule has 0 atom stereocenters. The second kappa shape index (κ2) is 8.60. The lowest BCUT2D eigenvalue weighted by molar-refractivity contribution is 0.631. The first-order valence-corrected chi connectivity index (χ1v) is 10.6. The highest BCUT2D eigenvalue weighted by molar-refractivity contribution is 5.93. The molecular formula is C28H22FN3. The lowest BCUT2D eigenvalue weighted by Gasteiger charge is -2.11. The predicted octanol–water partition coefficient (Wildman–Crippen LogP) is 7.02. The third-order valence-corrected chi connectivity index (χ3v) is 5.56. The van der Waals surface area contributed by atoms with Crippen LogP contribution in [0.25, 0.3) is 33.2 Å². The summed E-state index contributed by atoms with van der Waals surface area (Å²) in [5.74, 6) is 0.485. The maximum Gasteiger partial charge on any atom is 0.135 e. The second-order valence-corrected chi connectivity index (χ2v) is 7.85. The van der Waals surface area contributed by atoms with Crippen LogP contribution in [0.15, 0.2) is 97.3 Å². The number of aromatic nitrogens is 2. The number of aryl methyl sites for hydroxylation is 1. The molecule has 2 heterocycles. The molecule has 0 spiro atoms. The van der Waals surface area contributed by atoms with E-state index in [1.807, 2.05) is 18.2 Å². The topological polar surface area (TPSA) is 37.8 Å². The summed E-state index contributed by atoms with van der Waals surface area (Å²) < 4.78 is 14.2. The molecule has 32 heavy (non-hydrogen) atoms. The van der Waals surface area contributed by atoms with Gasteiger partial charge < -0.3 is 5.32 Å². The van der Waals surface area contributed by atoms with Crippen molar-refractivity contribution in [2.24, 2.45) is 0 Å². The van der Waals surface area contributed by atoms with E-state index in [1.165, 1.54) is 22.8 Å². The summed E-state index contributed by atoms with van der Waals surface area (Å²) >= 11 is 0. The highest BCUT2D eigenvalue weighted by Crippen LogP contribution is 2.27. The van der Waals surface area contributed by atoms with Crippen LogP contribution in [0.1, 0.15) is 11.1 Å². The molecule has 0 fully saturated rings. The van der Waals surface area contributed by atoms with Crippen LogP contribution >= 0.6 is 0 Å². The number of anilines is 1. The molecule has 4 heteroatoms. The van der Waals surface area contributed by atoms with Crippen molar-refractivity contribution in [3.8, 4) is 22.4 Å². The van der Waals surface area contributed by atoms with Crippen molar-refractivity contribution in [3.63, 3.8) is 0 Å². The molecule has 0 aliphatic rings. The van der Waals surface area contributed by atoms with Gasteiger partial charge in [0.25, 0.3) is 0 Å². The number of fused-ring (bicyclic) bond motifs is 1. The smallest absolute Gasteiger partial charge is 0.135 e. The molecule has 0 radical (unpaired) electrons. The number of benzene rings is 3. The highest BCUT2D eigenvalue weighted by Gasteiger charge is 2.09. The molecule has 0 saturated heterocycles. The minimum Gasteiger partial charge on any atom is -0.365 e. The number of rotatable bonds is 5. The monoisotopic (exact) mass is 419 g/mol. The van der Waals surface area contributed by atoms with Gasteiger partial charge in [0.15, 0.2) is 0 Å². The van der Waals surface area contributed by atoms with Gasteiger partial charge >= 0.3 is 0 Å². The van der Waals surface area contributed by atoms with E-state index in [-0.39, 0.29) is 5.82 Å². The van der Waals surface area contributed by atoms with Crippen LogP contribution in [-0.4, -0.2) is 9.97 Å². The predicted molar refractivity (Wildman–Crippen MR) is 129 cm³/mol. The van der Waals surface area contributed by atoms with E-state index < -0.39 is 0 Å². The Kier molecular flexibility index (Phi) is 5.34. The van der Waals surface area contributed by atoms with E-state index in [1.54, 1.807) is 24.5 Å². The number of hydrogen-bond donors (Lipinski definition) is 1. The van der Waals surface area contributed by atoms with E-state index >= 15 is 0 Å². The summed E-state index contributed by atoms with van der Waals surface area (Å²) in [6, 6.07) is 27.6. The fourth-order valence-electron chi connectivity index (χ4n) is 3.85. The van der Waals surface area contributed by atoms with Crippen LogP contribution in [0.2, 0.25) is 0 Å². The molecule has 5 rings (SSSR count). The van der Waals surface area contributed by atoms with Gasteiger partial charge in [-0.05, 0) is 53.3 Å². The Morgan fingerprint density at radius 1 is 0.812 bits per heavy atom. The van der Waals surface area contributed by atoms with Crippen LogP contribution in [0, 0.1) is 12.7 Å². The Morgan fingerprint density at radius 3 is 2.47 bits per heavy atom. The average molecular weight is 420 g/mol. The van der Waals surface area contributed by atoms with Gasteiger partial charge in [0.05, 0.1) is 5.69 Å². The van der Waals surface area contributed by atoms with E-state index in [9.17, 15) is 4.39 Å². The first kappa shape index (κ1) is 19.9. The molecular weight excluding hydrogens is 397 g/mol. The first-order valence-electron chi connectivity index (χ1n) is 10.6. The molecule has 3 nitrogen and oxygen atoms in total. The van der Waals surface area contributed by atoms with Gasteiger partial charge in [0, 0.05) is 29.9 Å². The molecule has 2 aromatic heterocycles. The summed E-state index contributed by atoms with van der Waals surface area (Å²) in [4.78, 5) is 8.98. The minimum absolute atomic E-state index is 0.277. The Morgan fingerprint density at radius 2 is 1.66 bits per heavy atom. The Bertz CT molecular complexity index is 1390. The van der Waals surface area contributed by atoms with Crippen molar-refractivity contribution in [1.29, 1.82) is 0 Å². The molecule has 1 N–H and O–H groups in total. The van der Waals surface area contributed by atoms with Crippen LogP contribution in [0.3, 0.4) is 0 Å². The van der Waals surface area contributed by atoms with Gasteiger partial charge in [-0.1, -0.05) is 66.2 Å². The zero-order valence-corrected chi connectivity index (χ0v) is 17.7. The standard InChI is InChI=1S/C28H22FN3/c1-19-5-4-6-22(15-19)21-11-9-20(10-12-21)17-32-28-25-18-31-27(16-23(25)13-14-30-28)24-7-2-3-8-26(24)29/h2-16,18H,17H2,1H3,(H,30,32). The summed E-state index contributed by atoms with van der Waals surface area (Å²) in [6.45, 7) is 2.75. The average Bonchev–Trinajstić information content (AvgIpc) is 2.83. The van der Waals surface area contributed by atoms with E-state index in [2.05, 4.69) is 70.7 Å². The number of halogens is 1. The van der Waals surface area contributed by atoms with Gasteiger partial charge in [-0.2, -0.15) is 0 Å². The third kappa shape index (κ3) is 4.08. The van der Waals surface area contributed by atoms with Gasteiger partial charge in [0.2, 0.25) is 0 Å². The van der Waals surface area contributed by atoms with Crippen molar-refractivity contribution in [3.05, 3.63) is 114 Å². The number of hydrogen-bond acceptors (Lipinski definition) is 3. The van der Waals surface area contributed by atoms with Gasteiger partial charge in [-0.3, -0.25) is 4.98 Å². The van der Waals surface area contributed by atoms with Gasteiger partial charge in [-0.25, -0.2) is 9.37 Å². The maximum absolute atomic E-state index is 14.2. The minimum atomic E-state index is -0.277. The van der Waals surface area contributed by atoms with Gasteiger partial charge in [0.1, 0.15) is 11.6 Å². The van der Waals surface area contributed by atoms with Crippen molar-refractivity contribution in [2.75, 3.05) is 5.32 Å². The second-order valence-electron chi connectivity index (χ2n) is 7.85. The normalized spacial score (nSPS) is 10.9. The van der Waals surface area contributed by atoms with E-state index in [0.717, 1.165) is 22.2 Å². The first-order chi connectivity index (χ1) is 15.7. The summed E-state index contributed by atoms with van der Waals surface area (Å²) in [7, 11) is 0. The molecule has 156 valence electrons. The molecule has 0 aliphatic heterocycles. The molecule has 5 aromatic rings. The molecule has 0 aliphatic carbocycles. The Hall–Kier alpha value is -4.05. The molecule has 0 amide bonds. The SMILES string of the molecule is Cc1cccc(-c2ccc(CNc3nccc4cc(-c5ccccc5F)ncc34)cc2)c1. The zero-order chi connectivity index (χ0) is 21.9. The number of pyridine rings is 2. The summed E-state index contributed by atoms with van der Waals surface area (Å²) in [5.41, 5.74) is 5.94. The van der Waals surface area contributed by atoms with Crippen LogP contribution in [-0.2, 0) is 6.54 Å². The van der Waals surface area contributed by atoms with Gasteiger partial charge in [-0.15, -0.1) is 0 Å². The van der Waals surface area contributed by atoms with E-state index in [4.69, 9.17) is 0 Å². The molecule has 3 aromatic carbocycles. The largest absolute Gasteiger partial charge is 0.365 e. The number of nitrogens with one attached hydrogen (secondary N) is 1. The third-order valence-electron chi connectivity index (χ3n) is 5.56. The van der Waals surface area contributed by atoms with Crippen molar-refractivity contribution < 1.29 is 4.39 Å². The molecule has 0 saturated carbocycles. The Balaban J connectivity index is 1.36. The molecule has 0 unspecified atom stereocenters. The van der Waals surface area contributed by atoms with Crippen molar-refractivity contribution in [2.45, 2.75) is 13.5 Å². The van der Waals surface area contributed by atoms with Crippen molar-refractivity contribution in [1.82, 2.24) is 9.97 Å². The van der Waals surface area contributed by atoms with Crippen LogP contribution < -0.4 is 5.32 Å². The van der Waals surface area contributed by atoms with Crippen LogP contribution in [0.5, 0.6) is 0 Å². The van der Waals surface area contributed by atoms with Crippen LogP contribution in [0.4, 0.5) is 10.2 Å². The zero-order valence-electron chi connectivity index (χ0n) is 17.7. The fraction of sp³-hybridized carbons (Fsp3) is 0.0714. The quantitative estimate of drug-likeness (QED) is 0.332. The summed E-state index contributed by atoms with van der Waals surface area (Å²) in [5, 5.41) is 5.29. The molecule has 0 bridgehead atoms. The lowest BCUT2D eigenvalue weighted by atomic mass is 10.0. The van der Waals surface area contributed by atoms with E-state index in [0.29, 0.717) is 17.8 Å². The fourth-order valence-corrected chi connectivity index (χ4v) is 3.85. The number of nitrogens with zero attached hydrogens (tertiary/aromatic N) is 2. The highest BCUT2D eigenvalue weighted by atomic mass is 19.1. The lowest BCUT2D eigenvalue weighted by Crippen LogP contribution is -2.02. The van der Waals surface area contributed by atoms with Crippen molar-refractivity contribution >= 4 is 16.6 Å². The Labute approximate surface area is 186 Å². The maximum atomic E-state index is 14.2. The summed E-state index contributed by atoms with van der Waals surface area (Å²) in [6.07, 6.45) is 3.52.